The van der Waals surface area contributed by atoms with Crippen LogP contribution in [0.25, 0.3) is 22.5 Å². The standard InChI is InChI=1S/C23H23N5O4S.C9H8BrNO2.C9H7BrO2/c1-28(16-5-6-16)33(30,31)17-7-2-14(3-8-17)19-13-26-22(24)21(27-19)15-4-9-18-20(12-15)32-11-10-25-23(18)29;10-6-1-2-7-8(5-6)13-4-3-11-9(7)12;10-6-1-2-7-8(11)3-4-12-9(7)5-6/h2-4,7-9,12-13,16H,5-6,10-11H2,1H3,(H2,24,26)(H,25,29);1-2,5H,3-4H2,(H,11,12);1-2,5H,3-4H2. The molecule has 0 radical (unpaired) electrons. The Balaban J connectivity index is 0.000000166. The zero-order valence-electron chi connectivity index (χ0n) is 31.2. The van der Waals surface area contributed by atoms with Gasteiger partial charge in [0, 0.05) is 39.6 Å². The van der Waals surface area contributed by atoms with Gasteiger partial charge in [0.2, 0.25) is 10.0 Å². The van der Waals surface area contributed by atoms with E-state index in [9.17, 15) is 22.8 Å². The fourth-order valence-electron chi connectivity index (χ4n) is 6.20. The van der Waals surface area contributed by atoms with E-state index in [4.69, 9.17) is 19.9 Å². The van der Waals surface area contributed by atoms with Gasteiger partial charge in [-0.15, -0.1) is 0 Å². The van der Waals surface area contributed by atoms with Crippen molar-refractivity contribution >= 4 is 65.3 Å². The average molecular weight is 935 g/mol. The van der Waals surface area contributed by atoms with E-state index < -0.39 is 10.0 Å². The lowest BCUT2D eigenvalue weighted by Crippen LogP contribution is -2.28. The van der Waals surface area contributed by atoms with Gasteiger partial charge in [0.15, 0.2) is 5.78 Å². The lowest BCUT2D eigenvalue weighted by molar-refractivity contribution is 0.0929. The number of ether oxygens (including phenoxy) is 3. The molecule has 1 aromatic heterocycles. The number of carbonyl (C=O) groups is 3. The summed E-state index contributed by atoms with van der Waals surface area (Å²) < 4.78 is 45.2. The summed E-state index contributed by atoms with van der Waals surface area (Å²) in [5.74, 6) is 1.95. The van der Waals surface area contributed by atoms with Crippen LogP contribution in [0.5, 0.6) is 17.2 Å². The Morgan fingerprint density at radius 2 is 1.26 bits per heavy atom. The lowest BCUT2D eigenvalue weighted by Gasteiger charge is -2.16. The number of fused-ring (bicyclic) bond motifs is 3. The highest BCUT2D eigenvalue weighted by atomic mass is 79.9. The Morgan fingerprint density at radius 3 is 1.88 bits per heavy atom. The van der Waals surface area contributed by atoms with Crippen LogP contribution in [0.15, 0.2) is 98.9 Å². The number of sulfonamides is 1. The van der Waals surface area contributed by atoms with Gasteiger partial charge in [-0.3, -0.25) is 14.4 Å². The fraction of sp³-hybridized carbons (Fsp3) is 0.244. The number of nitrogens with two attached hydrogens (primary N) is 1. The van der Waals surface area contributed by atoms with Crippen LogP contribution in [-0.2, 0) is 10.0 Å². The predicted octanol–water partition coefficient (Wildman–Crippen LogP) is 6.28. The molecular weight excluding hydrogens is 896 g/mol. The molecule has 4 heterocycles. The Kier molecular flexibility index (Phi) is 12.4. The van der Waals surface area contributed by atoms with Gasteiger partial charge in [0.1, 0.15) is 42.0 Å². The first-order chi connectivity index (χ1) is 27.9. The van der Waals surface area contributed by atoms with Crippen molar-refractivity contribution in [2.24, 2.45) is 0 Å². The summed E-state index contributed by atoms with van der Waals surface area (Å²) in [5, 5.41) is 5.51. The minimum Gasteiger partial charge on any atom is -0.492 e. The maximum atomic E-state index is 12.8. The second-order valence-electron chi connectivity index (χ2n) is 13.5. The summed E-state index contributed by atoms with van der Waals surface area (Å²) in [5.41, 5.74) is 10.2. The summed E-state index contributed by atoms with van der Waals surface area (Å²) in [6, 6.07) is 22.7. The van der Waals surface area contributed by atoms with Gasteiger partial charge < -0.3 is 30.6 Å². The molecule has 0 unspecified atom stereocenters. The van der Waals surface area contributed by atoms with Gasteiger partial charge in [0.05, 0.1) is 53.2 Å². The zero-order chi connectivity index (χ0) is 41.0. The highest BCUT2D eigenvalue weighted by Gasteiger charge is 2.35. The van der Waals surface area contributed by atoms with E-state index >= 15 is 0 Å². The van der Waals surface area contributed by atoms with Gasteiger partial charge in [-0.1, -0.05) is 50.1 Å². The molecule has 300 valence electrons. The summed E-state index contributed by atoms with van der Waals surface area (Å²) >= 11 is 6.64. The van der Waals surface area contributed by atoms with Crippen LogP contribution < -0.4 is 30.6 Å². The molecule has 4 N–H and O–H groups in total. The number of hydrogen-bond donors (Lipinski definition) is 3. The number of carbonyl (C=O) groups excluding carboxylic acids is 3. The molecule has 9 rings (SSSR count). The van der Waals surface area contributed by atoms with E-state index in [1.807, 2.05) is 18.2 Å². The van der Waals surface area contributed by atoms with Crippen molar-refractivity contribution in [2.75, 3.05) is 45.7 Å². The molecule has 58 heavy (non-hydrogen) atoms. The number of aromatic nitrogens is 2. The van der Waals surface area contributed by atoms with E-state index in [1.165, 1.54) is 4.31 Å². The third-order valence-corrected chi connectivity index (χ3v) is 12.4. The lowest BCUT2D eigenvalue weighted by atomic mass is 10.1. The van der Waals surface area contributed by atoms with E-state index in [2.05, 4.69) is 52.5 Å². The number of amides is 2. The monoisotopic (exact) mass is 932 g/mol. The van der Waals surface area contributed by atoms with Crippen LogP contribution >= 0.6 is 31.9 Å². The molecule has 0 atom stereocenters. The summed E-state index contributed by atoms with van der Waals surface area (Å²) in [6.07, 6.45) is 3.84. The van der Waals surface area contributed by atoms with Crippen molar-refractivity contribution in [3.63, 3.8) is 0 Å². The number of nitrogens with zero attached hydrogens (tertiary/aromatic N) is 3. The Bertz CT molecular complexity index is 2500. The number of Topliss-reactive ketones (excluding diaryl/α,β-unsaturated/α-hetero) is 1. The quantitative estimate of drug-likeness (QED) is 0.180. The largest absolute Gasteiger partial charge is 0.492 e. The van der Waals surface area contributed by atoms with Crippen molar-refractivity contribution in [3.8, 4) is 39.8 Å². The Morgan fingerprint density at radius 1 is 0.724 bits per heavy atom. The van der Waals surface area contributed by atoms with Gasteiger partial charge in [-0.25, -0.2) is 18.4 Å². The highest BCUT2D eigenvalue weighted by Crippen LogP contribution is 2.34. The summed E-state index contributed by atoms with van der Waals surface area (Å²) in [6.45, 7) is 2.39. The van der Waals surface area contributed by atoms with Crippen LogP contribution in [0.3, 0.4) is 0 Å². The van der Waals surface area contributed by atoms with E-state index in [-0.39, 0.29) is 34.4 Å². The van der Waals surface area contributed by atoms with E-state index in [0.717, 1.165) is 21.8 Å². The molecule has 0 spiro atoms. The van der Waals surface area contributed by atoms with Gasteiger partial charge >= 0.3 is 0 Å². The van der Waals surface area contributed by atoms with E-state index in [1.54, 1.807) is 73.9 Å². The van der Waals surface area contributed by atoms with Crippen molar-refractivity contribution in [3.05, 3.63) is 111 Å². The maximum absolute atomic E-state index is 12.8. The fourth-order valence-corrected chi connectivity index (χ4v) is 8.30. The molecule has 2 amide bonds. The second-order valence-corrected chi connectivity index (χ2v) is 17.3. The predicted molar refractivity (Wildman–Crippen MR) is 224 cm³/mol. The molecule has 17 heteroatoms. The number of hydrogen-bond acceptors (Lipinski definition) is 11. The minimum atomic E-state index is -3.52. The maximum Gasteiger partial charge on any atom is 0.255 e. The number of nitrogen functional groups attached to an aromatic ring is 1. The molecule has 1 aliphatic carbocycles. The molecule has 1 saturated carbocycles. The Labute approximate surface area is 351 Å². The number of benzene rings is 4. The van der Waals surface area contributed by atoms with Crippen LogP contribution in [-0.4, -0.2) is 86.3 Å². The van der Waals surface area contributed by atoms with E-state index in [0.29, 0.717) is 95.8 Å². The molecule has 4 aromatic carbocycles. The molecular formula is C41H38Br2N6O8S. The number of anilines is 1. The Hall–Kier alpha value is -5.36. The van der Waals surface area contributed by atoms with Crippen LogP contribution in [0.2, 0.25) is 0 Å². The smallest absolute Gasteiger partial charge is 0.255 e. The third-order valence-electron chi connectivity index (χ3n) is 9.50. The van der Waals surface area contributed by atoms with Crippen LogP contribution in [0, 0.1) is 0 Å². The summed E-state index contributed by atoms with van der Waals surface area (Å²) in [4.78, 5) is 44.0. The number of halogens is 2. The summed E-state index contributed by atoms with van der Waals surface area (Å²) in [7, 11) is -1.90. The molecule has 5 aromatic rings. The SMILES string of the molecule is CN(C1CC1)S(=O)(=O)c1ccc(-c2cnc(N)c(-c3ccc4c(c3)OCCNC4=O)n2)cc1.O=C1CCOc2cc(Br)ccc21.O=C1NCCOc2cc(Br)ccc21. The van der Waals surface area contributed by atoms with Crippen molar-refractivity contribution in [1.29, 1.82) is 0 Å². The van der Waals surface area contributed by atoms with Crippen molar-refractivity contribution in [1.82, 2.24) is 24.9 Å². The molecule has 1 fully saturated rings. The van der Waals surface area contributed by atoms with Crippen LogP contribution in [0.4, 0.5) is 5.82 Å². The minimum absolute atomic E-state index is 0.0694. The highest BCUT2D eigenvalue weighted by molar-refractivity contribution is 9.10. The zero-order valence-corrected chi connectivity index (χ0v) is 35.2. The topological polar surface area (TPSA) is 192 Å². The average Bonchev–Trinajstić information content (AvgIpc) is 4.10. The number of rotatable bonds is 5. The molecule has 0 bridgehead atoms. The molecule has 14 nitrogen and oxygen atoms in total. The normalized spacial score (nSPS) is 15.7. The number of ketones is 1. The van der Waals surface area contributed by atoms with Crippen molar-refractivity contribution < 1.29 is 37.0 Å². The van der Waals surface area contributed by atoms with Gasteiger partial charge in [-0.2, -0.15) is 4.31 Å². The third kappa shape index (κ3) is 9.33. The molecule has 4 aliphatic rings. The molecule has 3 aliphatic heterocycles. The van der Waals surface area contributed by atoms with Crippen LogP contribution in [0.1, 0.15) is 50.3 Å². The molecule has 0 saturated heterocycles. The first-order valence-electron chi connectivity index (χ1n) is 18.3. The number of nitrogens with one attached hydrogen (secondary N) is 2. The van der Waals surface area contributed by atoms with Gasteiger partial charge in [-0.05, 0) is 73.5 Å². The second kappa shape index (κ2) is 17.6. The van der Waals surface area contributed by atoms with Gasteiger partial charge in [0.25, 0.3) is 11.8 Å². The van der Waals surface area contributed by atoms with Crippen molar-refractivity contribution in [2.45, 2.75) is 30.2 Å². The first-order valence-corrected chi connectivity index (χ1v) is 21.3. The first kappa shape index (κ1) is 40.8.